The molecule has 4 rings (SSSR count). The van der Waals surface area contributed by atoms with Gasteiger partial charge in [-0.2, -0.15) is 0 Å². The van der Waals surface area contributed by atoms with E-state index in [1.165, 1.54) is 25.3 Å². The van der Waals surface area contributed by atoms with Crippen molar-refractivity contribution in [1.82, 2.24) is 4.90 Å². The lowest BCUT2D eigenvalue weighted by molar-refractivity contribution is -0.181. The average molecular weight is 616 g/mol. The van der Waals surface area contributed by atoms with Crippen LogP contribution in [0, 0.1) is 27.2 Å². The number of carbonyl (C=O) groups excluding carboxylic acids is 5. The Labute approximate surface area is 217 Å². The number of rotatable bonds is 4. The number of fused-ring (bicyclic) bond motifs is 3. The molecule has 0 aromatic heterocycles. The van der Waals surface area contributed by atoms with E-state index < -0.39 is 75.2 Å². The molecule has 12 heteroatoms. The highest BCUT2D eigenvalue weighted by Crippen LogP contribution is 2.51. The van der Waals surface area contributed by atoms with E-state index in [2.05, 4.69) is 0 Å². The number of phenols is 1. The second-order valence-electron chi connectivity index (χ2n) is 9.73. The van der Waals surface area contributed by atoms with Gasteiger partial charge in [-0.3, -0.25) is 33.1 Å². The zero-order valence-electron chi connectivity index (χ0n) is 19.2. The molecule has 4 unspecified atom stereocenters. The van der Waals surface area contributed by atoms with Crippen LogP contribution in [0.3, 0.4) is 0 Å². The van der Waals surface area contributed by atoms with Crippen molar-refractivity contribution in [3.05, 3.63) is 26.3 Å². The normalized spacial score (nSPS) is 33.3. The molecule has 1 amide bonds. The minimum atomic E-state index is -2.75. The van der Waals surface area contributed by atoms with Gasteiger partial charge in [-0.1, -0.05) is 0 Å². The van der Waals surface area contributed by atoms with Crippen molar-refractivity contribution < 1.29 is 38.4 Å². The lowest BCUT2D eigenvalue weighted by atomic mass is 9.52. The van der Waals surface area contributed by atoms with Gasteiger partial charge in [0.05, 0.1) is 23.3 Å². The van der Waals surface area contributed by atoms with Crippen molar-refractivity contribution >= 4 is 62.4 Å². The Kier molecular flexibility index (Phi) is 6.56. The minimum absolute atomic E-state index is 0.00145. The number of halogens is 1. The summed E-state index contributed by atoms with van der Waals surface area (Å²) in [5, 5.41) is 22.4. The number of amides is 1. The lowest BCUT2D eigenvalue weighted by Crippen LogP contribution is -2.74. The Hall–Kier alpha value is -2.03. The molecule has 0 aliphatic heterocycles. The molecule has 35 heavy (non-hydrogen) atoms. The first-order chi connectivity index (χ1) is 16.2. The predicted molar refractivity (Wildman–Crippen MR) is 132 cm³/mol. The summed E-state index contributed by atoms with van der Waals surface area (Å²) in [6, 6.07) is 0.518. The number of phenolic OH excluding ortho intramolecular Hbond substituents is 1. The molecule has 0 bridgehead atoms. The largest absolute Gasteiger partial charge is 0.507 e. The Morgan fingerprint density at radius 1 is 1.26 bits per heavy atom. The van der Waals surface area contributed by atoms with E-state index in [9.17, 15) is 38.4 Å². The second-order valence-corrected chi connectivity index (χ2v) is 12.3. The first-order valence-corrected chi connectivity index (χ1v) is 13.7. The fourth-order valence-electron chi connectivity index (χ4n) is 6.01. The van der Waals surface area contributed by atoms with Crippen LogP contribution in [0.4, 0.5) is 0 Å². The molecule has 0 saturated heterocycles. The molecule has 3 aliphatic carbocycles. The maximum absolute atomic E-state index is 13.7. The Balaban J connectivity index is 1.87. The van der Waals surface area contributed by atoms with Crippen LogP contribution in [0.25, 0.3) is 0 Å². The smallest absolute Gasteiger partial charge is 0.235 e. The number of likely N-dealkylation sites (N-methyl/N-ethyl adjacent to an activating group) is 1. The molecular weight excluding hydrogens is 591 g/mol. The van der Waals surface area contributed by atoms with Crippen LogP contribution in [-0.2, 0) is 42.2 Å². The van der Waals surface area contributed by atoms with Crippen LogP contribution in [-0.4, -0.2) is 80.4 Å². The number of aromatic hydroxyl groups is 1. The molecule has 0 radical (unpaired) electrons. The summed E-state index contributed by atoms with van der Waals surface area (Å²) in [6.45, 7) is 0. The number of hydrogen-bond acceptors (Lipinski definition) is 9. The molecule has 3 aliphatic rings. The molecule has 2 fully saturated rings. The summed E-state index contributed by atoms with van der Waals surface area (Å²) >= 11 is 2.02. The third kappa shape index (κ3) is 3.71. The number of Topliss-reactive ketones (excluding diaryl/α,β-unsaturated/α-hetero) is 4. The van der Waals surface area contributed by atoms with Gasteiger partial charge in [0.2, 0.25) is 5.91 Å². The van der Waals surface area contributed by atoms with Gasteiger partial charge in [-0.15, -0.1) is 0 Å². The van der Waals surface area contributed by atoms with Gasteiger partial charge in [0, 0.05) is 32.1 Å². The van der Waals surface area contributed by atoms with E-state index in [4.69, 9.17) is 5.73 Å². The van der Waals surface area contributed by atoms with Crippen molar-refractivity contribution in [3.63, 3.8) is 0 Å². The van der Waals surface area contributed by atoms with Crippen molar-refractivity contribution in [2.75, 3.05) is 20.4 Å². The fourth-order valence-corrected chi connectivity index (χ4v) is 7.53. The summed E-state index contributed by atoms with van der Waals surface area (Å²) in [7, 11) is 1.77. The van der Waals surface area contributed by atoms with Crippen molar-refractivity contribution in [3.8, 4) is 5.75 Å². The molecule has 1 aromatic rings. The highest BCUT2D eigenvalue weighted by Gasteiger charge is 2.69. The van der Waals surface area contributed by atoms with Crippen molar-refractivity contribution in [1.29, 1.82) is 0 Å². The van der Waals surface area contributed by atoms with Crippen LogP contribution in [0.5, 0.6) is 5.75 Å². The fraction of sp³-hybridized carbons (Fsp3) is 0.522. The SMILES string of the molecule is CN(C)C1C(=O)C(C(N)=O)C(=O)[C@@]2(O)C(=O)C3C(=O)c4c(O)c(CS(C)=O)cc(I)c4C[C@H]3C[C@@H]12. The molecule has 7 atom stereocenters. The van der Waals surface area contributed by atoms with Crippen LogP contribution in [0.2, 0.25) is 0 Å². The third-order valence-corrected chi connectivity index (χ3v) is 9.12. The van der Waals surface area contributed by atoms with Crippen LogP contribution in [0.15, 0.2) is 6.07 Å². The Bertz CT molecular complexity index is 1230. The monoisotopic (exact) mass is 616 g/mol. The summed E-state index contributed by atoms with van der Waals surface area (Å²) in [5.41, 5.74) is 3.30. The third-order valence-electron chi connectivity index (χ3n) is 7.44. The summed E-state index contributed by atoms with van der Waals surface area (Å²) in [5.74, 6) is -10.8. The molecule has 0 heterocycles. The second kappa shape index (κ2) is 8.82. The molecule has 4 N–H and O–H groups in total. The van der Waals surface area contributed by atoms with E-state index in [1.807, 2.05) is 22.6 Å². The van der Waals surface area contributed by atoms with Crippen LogP contribution < -0.4 is 5.73 Å². The van der Waals surface area contributed by atoms with Gasteiger partial charge in [0.15, 0.2) is 34.7 Å². The van der Waals surface area contributed by atoms with Gasteiger partial charge in [-0.25, -0.2) is 0 Å². The van der Waals surface area contributed by atoms with E-state index in [0.717, 1.165) is 0 Å². The number of primary amides is 1. The topological polar surface area (TPSA) is 172 Å². The van der Waals surface area contributed by atoms with E-state index >= 15 is 0 Å². The number of aliphatic hydroxyl groups is 1. The van der Waals surface area contributed by atoms with E-state index in [1.54, 1.807) is 6.07 Å². The number of carbonyl (C=O) groups is 5. The molecule has 10 nitrogen and oxygen atoms in total. The molecule has 0 spiro atoms. The zero-order chi connectivity index (χ0) is 26.1. The number of ketones is 4. The molecule has 1 aromatic carbocycles. The van der Waals surface area contributed by atoms with Gasteiger partial charge in [0.25, 0.3) is 0 Å². The van der Waals surface area contributed by atoms with Gasteiger partial charge in [0.1, 0.15) is 5.75 Å². The quantitative estimate of drug-likeness (QED) is 0.294. The van der Waals surface area contributed by atoms with Crippen LogP contribution >= 0.6 is 22.6 Å². The van der Waals surface area contributed by atoms with Gasteiger partial charge < -0.3 is 15.9 Å². The van der Waals surface area contributed by atoms with Gasteiger partial charge >= 0.3 is 0 Å². The maximum atomic E-state index is 13.7. The number of benzene rings is 1. The van der Waals surface area contributed by atoms with E-state index in [-0.39, 0.29) is 29.9 Å². The first-order valence-electron chi connectivity index (χ1n) is 10.9. The average Bonchev–Trinajstić information content (AvgIpc) is 2.73. The predicted octanol–water partition coefficient (Wildman–Crippen LogP) is -0.650. The summed E-state index contributed by atoms with van der Waals surface area (Å²) in [6.07, 6.45) is 1.66. The maximum Gasteiger partial charge on any atom is 0.235 e. The Morgan fingerprint density at radius 3 is 2.43 bits per heavy atom. The minimum Gasteiger partial charge on any atom is -0.507 e. The van der Waals surface area contributed by atoms with Crippen molar-refractivity contribution in [2.45, 2.75) is 30.2 Å². The lowest BCUT2D eigenvalue weighted by Gasteiger charge is -2.52. The number of nitrogens with two attached hydrogens (primary N) is 1. The van der Waals surface area contributed by atoms with E-state index in [0.29, 0.717) is 14.7 Å². The molecule has 188 valence electrons. The Morgan fingerprint density at radius 2 is 1.89 bits per heavy atom. The van der Waals surface area contributed by atoms with Crippen LogP contribution in [0.1, 0.15) is 27.9 Å². The zero-order valence-corrected chi connectivity index (χ0v) is 22.2. The molecular formula is C23H25IN2O8S. The number of nitrogens with zero attached hydrogens (tertiary/aromatic N) is 1. The van der Waals surface area contributed by atoms with Crippen molar-refractivity contribution in [2.24, 2.45) is 29.4 Å². The first kappa shape index (κ1) is 26.0. The highest BCUT2D eigenvalue weighted by atomic mass is 127. The highest BCUT2D eigenvalue weighted by molar-refractivity contribution is 14.1. The summed E-state index contributed by atoms with van der Waals surface area (Å²) in [4.78, 5) is 67.1. The standard InChI is InChI=1S/C23H25IN2O8S/c1-26(2)16-11-5-8-4-10-12(24)6-9(7-35(3)34)17(27)14(10)18(28)13(8)20(30)23(11,33)21(31)15(19(16)29)22(25)32/h6,8,11,13,15-16,27,33H,4-5,7H2,1-3H3,(H2,25,32)/t8-,11-,13?,15?,16?,23-,35?/m0/s1. The number of hydrogen-bond donors (Lipinski definition) is 3. The summed E-state index contributed by atoms with van der Waals surface area (Å²) < 4.78 is 12.4. The van der Waals surface area contributed by atoms with Gasteiger partial charge in [-0.05, 0) is 67.1 Å². The molecule has 2 saturated carbocycles.